The zero-order valence-corrected chi connectivity index (χ0v) is 17.0. The van der Waals surface area contributed by atoms with Crippen molar-refractivity contribution in [1.29, 1.82) is 0 Å². The Bertz CT molecular complexity index is 1070. The van der Waals surface area contributed by atoms with Crippen molar-refractivity contribution in [3.63, 3.8) is 0 Å². The van der Waals surface area contributed by atoms with Crippen LogP contribution in [0, 0.1) is 6.92 Å². The van der Waals surface area contributed by atoms with E-state index in [0.717, 1.165) is 10.5 Å². The van der Waals surface area contributed by atoms with Crippen LogP contribution in [0.4, 0.5) is 11.4 Å². The number of halogens is 1. The molecule has 3 amide bonds. The van der Waals surface area contributed by atoms with E-state index >= 15 is 0 Å². The van der Waals surface area contributed by atoms with Crippen LogP contribution in [0.1, 0.15) is 5.56 Å². The maximum absolute atomic E-state index is 13.0. The molecule has 0 aromatic heterocycles. The average Bonchev–Trinajstić information content (AvgIpc) is 3.23. The van der Waals surface area contributed by atoms with Crippen molar-refractivity contribution in [2.75, 3.05) is 23.9 Å². The molecule has 2 atom stereocenters. The number of aryl methyl sites for hydroxylation is 1. The highest BCUT2D eigenvalue weighted by Gasteiger charge is 2.55. The van der Waals surface area contributed by atoms with E-state index in [-0.39, 0.29) is 17.5 Å². The number of carbonyl (C=O) groups excluding carboxylic acids is 3. The van der Waals surface area contributed by atoms with Gasteiger partial charge < -0.3 is 10.1 Å². The van der Waals surface area contributed by atoms with Crippen LogP contribution < -0.4 is 15.0 Å². The van der Waals surface area contributed by atoms with Gasteiger partial charge in [0.05, 0.1) is 17.8 Å². The standard InChI is InChI=1S/C20H18ClN5O4/c1-11-5-3-4-6-14(11)22-16(27)10-25-18-17(23-24-25)19(28)26(20(18)29)12-7-8-15(30-2)13(21)9-12/h3-9,17-18H,10H2,1-2H3,(H,22,27)/t17-,18+/m0/s1. The number of hydrogen-bond donors (Lipinski definition) is 1. The lowest BCUT2D eigenvalue weighted by molar-refractivity contribution is -0.123. The van der Waals surface area contributed by atoms with Crippen molar-refractivity contribution in [2.45, 2.75) is 19.0 Å². The Hall–Kier alpha value is -3.46. The van der Waals surface area contributed by atoms with E-state index in [1.807, 2.05) is 25.1 Å². The lowest BCUT2D eigenvalue weighted by atomic mass is 10.1. The van der Waals surface area contributed by atoms with E-state index in [0.29, 0.717) is 17.1 Å². The van der Waals surface area contributed by atoms with E-state index in [4.69, 9.17) is 16.3 Å². The minimum absolute atomic E-state index is 0.213. The number of imide groups is 1. The minimum Gasteiger partial charge on any atom is -0.495 e. The van der Waals surface area contributed by atoms with Gasteiger partial charge in [0, 0.05) is 5.69 Å². The maximum Gasteiger partial charge on any atom is 0.263 e. The fourth-order valence-corrected chi connectivity index (χ4v) is 3.70. The summed E-state index contributed by atoms with van der Waals surface area (Å²) in [5.74, 6) is -0.972. The van der Waals surface area contributed by atoms with Crippen molar-refractivity contribution in [2.24, 2.45) is 10.3 Å². The Morgan fingerprint density at radius 1 is 1.20 bits per heavy atom. The van der Waals surface area contributed by atoms with Crippen LogP contribution >= 0.6 is 11.6 Å². The number of amides is 3. The number of hydrogen-bond acceptors (Lipinski definition) is 7. The van der Waals surface area contributed by atoms with E-state index in [9.17, 15) is 14.4 Å². The summed E-state index contributed by atoms with van der Waals surface area (Å²) in [6.45, 7) is 1.66. The van der Waals surface area contributed by atoms with Crippen LogP contribution in [0.2, 0.25) is 5.02 Å². The van der Waals surface area contributed by atoms with Gasteiger partial charge in [0.15, 0.2) is 12.1 Å². The zero-order valence-electron chi connectivity index (χ0n) is 16.2. The van der Waals surface area contributed by atoms with Crippen molar-refractivity contribution in [3.8, 4) is 5.75 Å². The van der Waals surface area contributed by atoms with Gasteiger partial charge in [0.25, 0.3) is 11.8 Å². The molecule has 2 aliphatic rings. The molecule has 1 saturated heterocycles. The van der Waals surface area contributed by atoms with Crippen molar-refractivity contribution < 1.29 is 19.1 Å². The number of ether oxygens (including phenoxy) is 1. The first-order valence-corrected chi connectivity index (χ1v) is 9.52. The Balaban J connectivity index is 1.51. The Morgan fingerprint density at radius 2 is 1.97 bits per heavy atom. The van der Waals surface area contributed by atoms with Crippen LogP contribution in [-0.4, -0.2) is 48.5 Å². The smallest absolute Gasteiger partial charge is 0.263 e. The molecule has 0 spiro atoms. The average molecular weight is 428 g/mol. The first kappa shape index (κ1) is 19.8. The van der Waals surface area contributed by atoms with Crippen LogP contribution in [0.15, 0.2) is 52.8 Å². The molecule has 9 nitrogen and oxygen atoms in total. The number of methoxy groups -OCH3 is 1. The molecular formula is C20H18ClN5O4. The van der Waals surface area contributed by atoms with E-state index in [1.54, 1.807) is 18.2 Å². The summed E-state index contributed by atoms with van der Waals surface area (Å²) in [6.07, 6.45) is 0. The van der Waals surface area contributed by atoms with Gasteiger partial charge in [-0.05, 0) is 36.8 Å². The van der Waals surface area contributed by atoms with E-state index in [2.05, 4.69) is 15.7 Å². The first-order valence-electron chi connectivity index (χ1n) is 9.15. The van der Waals surface area contributed by atoms with Gasteiger partial charge in [-0.25, -0.2) is 4.90 Å². The number of rotatable bonds is 5. The quantitative estimate of drug-likeness (QED) is 0.738. The second-order valence-electron chi connectivity index (χ2n) is 6.89. The number of benzene rings is 2. The first-order chi connectivity index (χ1) is 14.4. The van der Waals surface area contributed by atoms with Crippen LogP contribution in [0.25, 0.3) is 0 Å². The van der Waals surface area contributed by atoms with Gasteiger partial charge in [-0.1, -0.05) is 35.0 Å². The predicted octanol–water partition coefficient (Wildman–Crippen LogP) is 2.59. The highest BCUT2D eigenvalue weighted by atomic mass is 35.5. The highest BCUT2D eigenvalue weighted by Crippen LogP contribution is 2.35. The topological polar surface area (TPSA) is 104 Å². The van der Waals surface area contributed by atoms with Gasteiger partial charge in [0.2, 0.25) is 5.91 Å². The molecule has 30 heavy (non-hydrogen) atoms. The fraction of sp³-hybridized carbons (Fsp3) is 0.250. The number of carbonyl (C=O) groups is 3. The minimum atomic E-state index is -0.996. The molecule has 0 unspecified atom stereocenters. The largest absolute Gasteiger partial charge is 0.495 e. The third-order valence-corrected chi connectivity index (χ3v) is 5.27. The zero-order chi connectivity index (χ0) is 21.4. The Kier molecular flexibility index (Phi) is 5.13. The fourth-order valence-electron chi connectivity index (χ4n) is 3.45. The molecule has 154 valence electrons. The van der Waals surface area contributed by atoms with E-state index in [1.165, 1.54) is 18.2 Å². The Labute approximate surface area is 177 Å². The van der Waals surface area contributed by atoms with Crippen molar-refractivity contribution in [1.82, 2.24) is 5.01 Å². The molecule has 0 bridgehead atoms. The van der Waals surface area contributed by atoms with Crippen molar-refractivity contribution in [3.05, 3.63) is 53.1 Å². The van der Waals surface area contributed by atoms with Gasteiger partial charge in [-0.2, -0.15) is 5.11 Å². The predicted molar refractivity (Wildman–Crippen MR) is 109 cm³/mol. The lowest BCUT2D eigenvalue weighted by Gasteiger charge is -2.20. The van der Waals surface area contributed by atoms with Gasteiger partial charge in [0.1, 0.15) is 12.3 Å². The molecule has 0 aliphatic carbocycles. The summed E-state index contributed by atoms with van der Waals surface area (Å²) in [5, 5.41) is 12.1. The molecular weight excluding hydrogens is 410 g/mol. The summed E-state index contributed by atoms with van der Waals surface area (Å²) in [6, 6.07) is 9.97. The monoisotopic (exact) mass is 427 g/mol. The lowest BCUT2D eigenvalue weighted by Crippen LogP contribution is -2.43. The summed E-state index contributed by atoms with van der Waals surface area (Å²) in [5.41, 5.74) is 1.88. The second kappa shape index (κ2) is 7.75. The molecule has 2 aromatic carbocycles. The number of fused-ring (bicyclic) bond motifs is 1. The molecule has 1 N–H and O–H groups in total. The maximum atomic E-state index is 13.0. The number of nitrogens with zero attached hydrogens (tertiary/aromatic N) is 4. The molecule has 0 radical (unpaired) electrons. The summed E-state index contributed by atoms with van der Waals surface area (Å²) < 4.78 is 5.10. The summed E-state index contributed by atoms with van der Waals surface area (Å²) in [7, 11) is 1.47. The highest BCUT2D eigenvalue weighted by molar-refractivity contribution is 6.33. The SMILES string of the molecule is COc1ccc(N2C(=O)[C@H]3N=NN(CC(=O)Nc4ccccc4C)[C@H]3C2=O)cc1Cl. The molecule has 4 rings (SSSR count). The number of nitrogens with one attached hydrogen (secondary N) is 1. The summed E-state index contributed by atoms with van der Waals surface area (Å²) >= 11 is 6.13. The molecule has 2 aromatic rings. The molecule has 1 fully saturated rings. The second-order valence-corrected chi connectivity index (χ2v) is 7.29. The number of anilines is 2. The number of para-hydroxylation sites is 1. The summed E-state index contributed by atoms with van der Waals surface area (Å²) in [4.78, 5) is 39.3. The van der Waals surface area contributed by atoms with E-state index < -0.39 is 23.9 Å². The third kappa shape index (κ3) is 3.37. The molecule has 0 saturated carbocycles. The normalized spacial score (nSPS) is 20.0. The molecule has 2 heterocycles. The molecule has 10 heteroatoms. The van der Waals surface area contributed by atoms with Crippen LogP contribution in [0.5, 0.6) is 5.75 Å². The van der Waals surface area contributed by atoms with Crippen LogP contribution in [-0.2, 0) is 14.4 Å². The van der Waals surface area contributed by atoms with Gasteiger partial charge in [-0.15, -0.1) is 0 Å². The third-order valence-electron chi connectivity index (χ3n) is 4.98. The van der Waals surface area contributed by atoms with Gasteiger partial charge in [-0.3, -0.25) is 19.4 Å². The van der Waals surface area contributed by atoms with Crippen molar-refractivity contribution >= 4 is 40.7 Å². The Morgan fingerprint density at radius 3 is 2.67 bits per heavy atom. The molecule has 2 aliphatic heterocycles. The van der Waals surface area contributed by atoms with Gasteiger partial charge >= 0.3 is 0 Å². The van der Waals surface area contributed by atoms with Crippen LogP contribution in [0.3, 0.4) is 0 Å².